The van der Waals surface area contributed by atoms with Crippen molar-refractivity contribution in [3.63, 3.8) is 0 Å². The average Bonchev–Trinajstić information content (AvgIpc) is 3.03. The quantitative estimate of drug-likeness (QED) is 0.291. The second kappa shape index (κ2) is 8.57. The van der Waals surface area contributed by atoms with Gasteiger partial charge in [-0.1, -0.05) is 53.5 Å². The molecule has 0 saturated heterocycles. The maximum absolute atomic E-state index is 12.9. The van der Waals surface area contributed by atoms with Crippen LogP contribution in [0.1, 0.15) is 48.4 Å². The van der Waals surface area contributed by atoms with Crippen LogP contribution in [0, 0.1) is 0 Å². The lowest BCUT2D eigenvalue weighted by Gasteiger charge is -2.15. The molecule has 160 valence electrons. The van der Waals surface area contributed by atoms with E-state index in [4.69, 9.17) is 27.9 Å². The number of rotatable bonds is 5. The highest BCUT2D eigenvalue weighted by Gasteiger charge is 2.38. The van der Waals surface area contributed by atoms with E-state index < -0.39 is 23.9 Å². The monoisotopic (exact) mass is 467 g/mol. The van der Waals surface area contributed by atoms with Crippen LogP contribution in [0.15, 0.2) is 66.7 Å². The minimum atomic E-state index is -1.03. The number of carbonyl (C=O) groups excluding carboxylic acids is 4. The number of carbonyl (C=O) groups is 4. The average molecular weight is 468 g/mol. The molecule has 3 aromatic carbocycles. The van der Waals surface area contributed by atoms with Crippen LogP contribution in [0.4, 0.5) is 5.69 Å². The molecule has 8 heteroatoms. The maximum Gasteiger partial charge on any atom is 0.338 e. The van der Waals surface area contributed by atoms with Crippen LogP contribution in [-0.2, 0) is 4.74 Å². The first-order chi connectivity index (χ1) is 15.3. The van der Waals surface area contributed by atoms with E-state index in [0.29, 0.717) is 10.6 Å². The van der Waals surface area contributed by atoms with Crippen molar-refractivity contribution in [3.8, 4) is 0 Å². The summed E-state index contributed by atoms with van der Waals surface area (Å²) in [5.74, 6) is -2.33. The molecule has 0 aliphatic carbocycles. The van der Waals surface area contributed by atoms with E-state index in [9.17, 15) is 19.2 Å². The number of esters is 1. The molecule has 32 heavy (non-hydrogen) atoms. The van der Waals surface area contributed by atoms with Crippen LogP contribution in [-0.4, -0.2) is 29.7 Å². The number of hydrogen-bond donors (Lipinski definition) is 0. The minimum Gasteiger partial charge on any atom is -0.451 e. The number of imide groups is 1. The summed E-state index contributed by atoms with van der Waals surface area (Å²) in [5, 5.41) is 0.499. The van der Waals surface area contributed by atoms with Gasteiger partial charge in [0.15, 0.2) is 6.10 Å². The molecule has 0 N–H and O–H groups in total. The zero-order chi connectivity index (χ0) is 23.0. The summed E-state index contributed by atoms with van der Waals surface area (Å²) in [7, 11) is 0. The molecule has 1 aliphatic heterocycles. The first-order valence-electron chi connectivity index (χ1n) is 9.56. The van der Waals surface area contributed by atoms with Gasteiger partial charge in [0, 0.05) is 10.6 Å². The Hall–Kier alpha value is -3.48. The topological polar surface area (TPSA) is 80.8 Å². The van der Waals surface area contributed by atoms with E-state index in [1.54, 1.807) is 30.3 Å². The number of amides is 2. The van der Waals surface area contributed by atoms with Crippen LogP contribution in [0.25, 0.3) is 0 Å². The van der Waals surface area contributed by atoms with Crippen LogP contribution < -0.4 is 4.90 Å². The van der Waals surface area contributed by atoms with Crippen molar-refractivity contribution in [2.45, 2.75) is 13.0 Å². The molecule has 0 spiro atoms. The van der Waals surface area contributed by atoms with Gasteiger partial charge >= 0.3 is 5.97 Å². The molecular formula is C24H15Cl2NO5. The second-order valence-corrected chi connectivity index (χ2v) is 7.92. The fourth-order valence-corrected chi connectivity index (χ4v) is 3.86. The first kappa shape index (κ1) is 21.7. The lowest BCUT2D eigenvalue weighted by atomic mass is 10.1. The zero-order valence-corrected chi connectivity index (χ0v) is 18.2. The smallest absolute Gasteiger partial charge is 0.338 e. The van der Waals surface area contributed by atoms with E-state index in [0.717, 1.165) is 4.90 Å². The number of nitrogens with zero attached hydrogens (tertiary/aromatic N) is 1. The van der Waals surface area contributed by atoms with Crippen molar-refractivity contribution in [3.05, 3.63) is 99.0 Å². The summed E-state index contributed by atoms with van der Waals surface area (Å²) in [6.45, 7) is 1.47. The second-order valence-electron chi connectivity index (χ2n) is 7.08. The van der Waals surface area contributed by atoms with Crippen molar-refractivity contribution in [1.82, 2.24) is 0 Å². The highest BCUT2D eigenvalue weighted by molar-refractivity contribution is 6.41. The molecule has 0 bridgehead atoms. The summed E-state index contributed by atoms with van der Waals surface area (Å²) < 4.78 is 5.28. The van der Waals surface area contributed by atoms with Gasteiger partial charge < -0.3 is 4.74 Å². The number of fused-ring (bicyclic) bond motifs is 1. The molecular weight excluding hydrogens is 453 g/mol. The number of benzene rings is 3. The lowest BCUT2D eigenvalue weighted by Crippen LogP contribution is -2.29. The van der Waals surface area contributed by atoms with Gasteiger partial charge in [-0.15, -0.1) is 0 Å². The molecule has 0 fully saturated rings. The Kier molecular flexibility index (Phi) is 5.82. The van der Waals surface area contributed by atoms with E-state index in [-0.39, 0.29) is 33.2 Å². The largest absolute Gasteiger partial charge is 0.451 e. The van der Waals surface area contributed by atoms with Crippen molar-refractivity contribution in [2.24, 2.45) is 0 Å². The van der Waals surface area contributed by atoms with E-state index >= 15 is 0 Å². The Morgan fingerprint density at radius 1 is 0.844 bits per heavy atom. The first-order valence-corrected chi connectivity index (χ1v) is 10.3. The Labute approximate surface area is 193 Å². The molecule has 0 radical (unpaired) electrons. The predicted octanol–water partition coefficient (Wildman–Crippen LogP) is 5.22. The van der Waals surface area contributed by atoms with Gasteiger partial charge in [-0.05, 0) is 43.3 Å². The third kappa shape index (κ3) is 3.90. The Morgan fingerprint density at radius 2 is 1.53 bits per heavy atom. The number of ether oxygens (including phenoxy) is 1. The highest BCUT2D eigenvalue weighted by atomic mass is 35.5. The Morgan fingerprint density at radius 3 is 2.22 bits per heavy atom. The predicted molar refractivity (Wildman–Crippen MR) is 120 cm³/mol. The normalized spacial score (nSPS) is 13.7. The maximum atomic E-state index is 12.9. The van der Waals surface area contributed by atoms with Crippen LogP contribution in [0.3, 0.4) is 0 Å². The molecule has 1 aliphatic rings. The highest BCUT2D eigenvalue weighted by Crippen LogP contribution is 2.35. The van der Waals surface area contributed by atoms with Gasteiger partial charge in [0.1, 0.15) is 0 Å². The number of halogens is 2. The molecule has 1 atom stereocenters. The van der Waals surface area contributed by atoms with E-state index in [1.165, 1.54) is 43.3 Å². The third-order valence-electron chi connectivity index (χ3n) is 4.98. The van der Waals surface area contributed by atoms with Gasteiger partial charge in [0.25, 0.3) is 11.8 Å². The van der Waals surface area contributed by atoms with Gasteiger partial charge in [0.05, 0.1) is 27.4 Å². The van der Waals surface area contributed by atoms with Crippen LogP contribution >= 0.6 is 23.2 Å². The summed E-state index contributed by atoms with van der Waals surface area (Å²) >= 11 is 12.1. The van der Waals surface area contributed by atoms with Crippen molar-refractivity contribution in [2.75, 3.05) is 4.90 Å². The molecule has 6 nitrogen and oxygen atoms in total. The van der Waals surface area contributed by atoms with Gasteiger partial charge in [-0.25, -0.2) is 9.69 Å². The summed E-state index contributed by atoms with van der Waals surface area (Å²) in [6.07, 6.45) is -1.03. The number of anilines is 1. The SMILES string of the molecule is CC(OC(=O)c1ccc2c(c1)C(=O)N(c1ccc(Cl)cc1Cl)C2=O)C(=O)c1ccccc1. The molecule has 1 heterocycles. The fourth-order valence-electron chi connectivity index (χ4n) is 3.37. The molecule has 1 unspecified atom stereocenters. The van der Waals surface area contributed by atoms with Gasteiger partial charge in [-0.3, -0.25) is 14.4 Å². The van der Waals surface area contributed by atoms with Crippen LogP contribution in [0.5, 0.6) is 0 Å². The van der Waals surface area contributed by atoms with Gasteiger partial charge in [-0.2, -0.15) is 0 Å². The van der Waals surface area contributed by atoms with Crippen molar-refractivity contribution >= 4 is 52.5 Å². The van der Waals surface area contributed by atoms with Crippen molar-refractivity contribution in [1.29, 1.82) is 0 Å². The van der Waals surface area contributed by atoms with Crippen LogP contribution in [0.2, 0.25) is 10.0 Å². The Bertz CT molecular complexity index is 1270. The summed E-state index contributed by atoms with van der Waals surface area (Å²) in [6, 6.07) is 16.9. The Balaban J connectivity index is 1.57. The molecule has 0 saturated carbocycles. The summed E-state index contributed by atoms with van der Waals surface area (Å²) in [5.41, 5.74) is 0.816. The number of Topliss-reactive ketones (excluding diaryl/α,β-unsaturated/α-hetero) is 1. The van der Waals surface area contributed by atoms with Crippen molar-refractivity contribution < 1.29 is 23.9 Å². The lowest BCUT2D eigenvalue weighted by molar-refractivity contribution is 0.0318. The molecule has 3 aromatic rings. The molecule has 0 aromatic heterocycles. The van der Waals surface area contributed by atoms with E-state index in [1.807, 2.05) is 0 Å². The number of hydrogen-bond acceptors (Lipinski definition) is 5. The standard InChI is InChI=1S/C24H15Cl2NO5/c1-13(21(28)14-5-3-2-4-6-14)32-24(31)15-7-9-17-18(11-15)23(30)27(22(17)29)20-10-8-16(25)12-19(20)26/h2-13H,1H3. The van der Waals surface area contributed by atoms with Gasteiger partial charge in [0.2, 0.25) is 5.78 Å². The van der Waals surface area contributed by atoms with E-state index in [2.05, 4.69) is 0 Å². The zero-order valence-electron chi connectivity index (χ0n) is 16.7. The summed E-state index contributed by atoms with van der Waals surface area (Å²) in [4.78, 5) is 51.7. The third-order valence-corrected chi connectivity index (χ3v) is 5.52. The number of ketones is 1. The molecule has 2 amide bonds. The minimum absolute atomic E-state index is 0.0394. The fraction of sp³-hybridized carbons (Fsp3) is 0.0833. The molecule has 4 rings (SSSR count).